The normalized spacial score (nSPS) is 11.6. The van der Waals surface area contributed by atoms with Crippen LogP contribution >= 0.6 is 0 Å². The van der Waals surface area contributed by atoms with E-state index in [1.807, 2.05) is 55.5 Å². The molecule has 0 aliphatic carbocycles. The van der Waals surface area contributed by atoms with Crippen molar-refractivity contribution in [1.29, 1.82) is 0 Å². The number of carbonyl (C=O) groups excluding carboxylic acids is 2. The number of nitrogens with zero attached hydrogens (tertiary/aromatic N) is 6. The van der Waals surface area contributed by atoms with Crippen molar-refractivity contribution in [3.05, 3.63) is 99.6 Å². The van der Waals surface area contributed by atoms with Gasteiger partial charge in [-0.05, 0) is 51.9 Å². The zero-order valence-electron chi connectivity index (χ0n) is 25.2. The smallest absolute Gasteiger partial charge is 0.326 e. The molecule has 0 spiro atoms. The van der Waals surface area contributed by atoms with Crippen molar-refractivity contribution in [2.24, 2.45) is 5.92 Å². The highest BCUT2D eigenvalue weighted by Crippen LogP contribution is 2.30. The van der Waals surface area contributed by atoms with E-state index in [1.54, 1.807) is 26.0 Å². The lowest BCUT2D eigenvalue weighted by Gasteiger charge is -2.32. The molecule has 0 aliphatic rings. The van der Waals surface area contributed by atoms with Crippen LogP contribution in [0.3, 0.4) is 0 Å². The van der Waals surface area contributed by atoms with E-state index in [2.05, 4.69) is 20.2 Å². The Kier molecular flexibility index (Phi) is 10.7. The third kappa shape index (κ3) is 8.13. The Morgan fingerprint density at radius 2 is 1.62 bits per heavy atom. The van der Waals surface area contributed by atoms with E-state index in [-0.39, 0.29) is 36.4 Å². The Morgan fingerprint density at radius 3 is 2.22 bits per heavy atom. The molecule has 1 aromatic heterocycles. The minimum atomic E-state index is -1.03. The van der Waals surface area contributed by atoms with Crippen LogP contribution in [0.1, 0.15) is 61.5 Å². The van der Waals surface area contributed by atoms with Crippen molar-refractivity contribution in [1.82, 2.24) is 25.1 Å². The molecule has 3 aromatic carbocycles. The summed E-state index contributed by atoms with van der Waals surface area (Å²) in [6, 6.07) is 20.0. The number of aliphatic carboxylic acids is 1. The number of hydrogen-bond donors (Lipinski definition) is 1. The molecule has 13 heteroatoms. The summed E-state index contributed by atoms with van der Waals surface area (Å²) in [6.45, 7) is 5.51. The summed E-state index contributed by atoms with van der Waals surface area (Å²) in [5, 5.41) is 31.8. The molecular formula is C32H34N6O7. The summed E-state index contributed by atoms with van der Waals surface area (Å²) in [4.78, 5) is 55.2. The second-order valence-electron chi connectivity index (χ2n) is 10.8. The van der Waals surface area contributed by atoms with Crippen molar-refractivity contribution in [2.75, 3.05) is 0 Å². The van der Waals surface area contributed by atoms with Gasteiger partial charge in [-0.15, -0.1) is 20.3 Å². The summed E-state index contributed by atoms with van der Waals surface area (Å²) >= 11 is 0. The number of amides is 1. The Labute approximate surface area is 259 Å². The van der Waals surface area contributed by atoms with Gasteiger partial charge in [0.2, 0.25) is 11.7 Å². The number of tetrazole rings is 1. The third-order valence-electron chi connectivity index (χ3n) is 7.20. The van der Waals surface area contributed by atoms with Crippen LogP contribution in [0.5, 0.6) is 0 Å². The highest BCUT2D eigenvalue weighted by molar-refractivity contribution is 5.95. The van der Waals surface area contributed by atoms with Gasteiger partial charge in [-0.3, -0.25) is 9.59 Å². The van der Waals surface area contributed by atoms with Gasteiger partial charge in [0, 0.05) is 24.1 Å². The molecule has 1 atom stereocenters. The third-order valence-corrected chi connectivity index (χ3v) is 7.20. The molecule has 0 saturated heterocycles. The Balaban J connectivity index is 1.54. The van der Waals surface area contributed by atoms with E-state index < -0.39 is 23.0 Å². The van der Waals surface area contributed by atoms with Gasteiger partial charge in [0.1, 0.15) is 12.6 Å². The fourth-order valence-electron chi connectivity index (χ4n) is 4.90. The first-order chi connectivity index (χ1) is 21.6. The summed E-state index contributed by atoms with van der Waals surface area (Å²) < 4.78 is 0. The zero-order chi connectivity index (χ0) is 32.5. The lowest BCUT2D eigenvalue weighted by molar-refractivity contribution is -0.763. The first-order valence-electron chi connectivity index (χ1n) is 14.5. The maximum Gasteiger partial charge on any atom is 0.326 e. The predicted molar refractivity (Wildman–Crippen MR) is 163 cm³/mol. The maximum absolute atomic E-state index is 13.0. The lowest BCUT2D eigenvalue weighted by atomic mass is 9.97. The predicted octanol–water partition coefficient (Wildman–Crippen LogP) is 5.03. The van der Waals surface area contributed by atoms with Crippen LogP contribution in [0, 0.1) is 16.0 Å². The molecule has 45 heavy (non-hydrogen) atoms. The number of rotatable bonds is 14. The zero-order valence-corrected chi connectivity index (χ0v) is 25.2. The molecule has 4 aromatic rings. The fraction of sp³-hybridized carbons (Fsp3) is 0.312. The number of carboxylic acids is 1. The van der Waals surface area contributed by atoms with Gasteiger partial charge in [-0.1, -0.05) is 92.7 Å². The minimum Gasteiger partial charge on any atom is -0.480 e. The molecule has 1 heterocycles. The topological polar surface area (TPSA) is 171 Å². The molecule has 13 nitrogen and oxygen atoms in total. The molecule has 0 aliphatic heterocycles. The van der Waals surface area contributed by atoms with E-state index in [0.29, 0.717) is 24.0 Å². The minimum absolute atomic E-state index is 0.168. The van der Waals surface area contributed by atoms with Crippen molar-refractivity contribution < 1.29 is 29.4 Å². The Hall–Kier alpha value is -5.46. The number of unbranched alkanes of at least 4 members (excludes halogenated alkanes) is 1. The first kappa shape index (κ1) is 32.5. The van der Waals surface area contributed by atoms with Gasteiger partial charge in [-0.2, -0.15) is 0 Å². The largest absolute Gasteiger partial charge is 0.480 e. The molecule has 1 unspecified atom stereocenters. The van der Waals surface area contributed by atoms with Crippen LogP contribution in [0.2, 0.25) is 0 Å². The molecule has 1 N–H and O–H groups in total. The summed E-state index contributed by atoms with van der Waals surface area (Å²) in [7, 11) is 0. The fourth-order valence-corrected chi connectivity index (χ4v) is 4.90. The number of carboxylic acid groups (broad SMARTS) is 1. The van der Waals surface area contributed by atoms with E-state index >= 15 is 0 Å². The first-order valence-corrected chi connectivity index (χ1v) is 14.5. The van der Waals surface area contributed by atoms with Crippen LogP contribution in [0.25, 0.3) is 22.5 Å². The Morgan fingerprint density at radius 1 is 0.978 bits per heavy atom. The molecule has 0 radical (unpaired) electrons. The summed E-state index contributed by atoms with van der Waals surface area (Å²) in [5.41, 5.74) is 3.82. The van der Waals surface area contributed by atoms with Crippen molar-refractivity contribution in [2.45, 2.75) is 59.2 Å². The van der Waals surface area contributed by atoms with E-state index in [0.717, 1.165) is 27.9 Å². The molecular weight excluding hydrogens is 580 g/mol. The number of carbonyl (C=O) groups is 3. The Bertz CT molecular complexity index is 1650. The molecule has 0 saturated carbocycles. The maximum atomic E-state index is 13.0. The van der Waals surface area contributed by atoms with Crippen LogP contribution in [0.15, 0.2) is 72.8 Å². The summed E-state index contributed by atoms with van der Waals surface area (Å²) in [5.74, 6) is -1.78. The second kappa shape index (κ2) is 14.8. The highest BCUT2D eigenvalue weighted by atomic mass is 16.9. The van der Waals surface area contributed by atoms with Crippen LogP contribution < -0.4 is 0 Å². The molecule has 0 bridgehead atoms. The highest BCUT2D eigenvalue weighted by Gasteiger charge is 2.32. The number of hydrogen-bond acceptors (Lipinski definition) is 9. The second-order valence-corrected chi connectivity index (χ2v) is 10.8. The molecule has 234 valence electrons. The van der Waals surface area contributed by atoms with E-state index in [9.17, 15) is 29.6 Å². The monoisotopic (exact) mass is 614 g/mol. The van der Waals surface area contributed by atoms with Crippen LogP contribution in [0.4, 0.5) is 0 Å². The summed E-state index contributed by atoms with van der Waals surface area (Å²) in [6.07, 6.45) is 1.81. The van der Waals surface area contributed by atoms with Gasteiger partial charge in [0.05, 0.1) is 0 Å². The van der Waals surface area contributed by atoms with Gasteiger partial charge >= 0.3 is 5.97 Å². The number of benzene rings is 3. The quantitative estimate of drug-likeness (QED) is 0.150. The lowest BCUT2D eigenvalue weighted by Crippen LogP contribution is -2.47. The van der Waals surface area contributed by atoms with Gasteiger partial charge < -0.3 is 14.8 Å². The van der Waals surface area contributed by atoms with Gasteiger partial charge in [0.15, 0.2) is 0 Å². The van der Waals surface area contributed by atoms with Crippen molar-refractivity contribution in [3.8, 4) is 22.5 Å². The van der Waals surface area contributed by atoms with Crippen molar-refractivity contribution >= 4 is 17.8 Å². The van der Waals surface area contributed by atoms with Crippen LogP contribution in [-0.4, -0.2) is 59.1 Å². The average molecular weight is 615 g/mol. The molecule has 4 rings (SSSR count). The van der Waals surface area contributed by atoms with E-state index in [4.69, 9.17) is 0 Å². The van der Waals surface area contributed by atoms with Gasteiger partial charge in [-0.25, -0.2) is 4.79 Å². The van der Waals surface area contributed by atoms with E-state index in [1.165, 1.54) is 17.0 Å². The SMILES string of the molecule is CCCCC(=O)N(Cc1ccc(-c2ccccc2-c2nnn(C(=O)c3ccc(CO[N+](=O)[O-])cc3)n2)cc1)C(C(=O)O)C(C)C. The van der Waals surface area contributed by atoms with Crippen molar-refractivity contribution in [3.63, 3.8) is 0 Å². The molecule has 1 amide bonds. The number of aromatic nitrogens is 4. The molecule has 0 fully saturated rings. The van der Waals surface area contributed by atoms with Crippen LogP contribution in [-0.2, 0) is 27.6 Å². The van der Waals surface area contributed by atoms with Gasteiger partial charge in [0.25, 0.3) is 11.0 Å². The average Bonchev–Trinajstić information content (AvgIpc) is 3.52. The standard InChI is InChI=1S/C32H34N6O7/c1-4-5-10-28(39)36(29(21(2)3)32(41)42)19-22-11-15-24(16-12-22)26-8-6-7-9-27(26)30-33-35-37(34-30)31(40)25-17-13-23(14-18-25)20-45-38(43)44/h6-9,11-18,21,29H,4-5,10,19-20H2,1-3H3,(H,41,42).